The number of carbonyl (C=O) groups is 2. The first-order valence-corrected chi connectivity index (χ1v) is 13.9. The molecule has 5 nitrogen and oxygen atoms in total. The molecule has 2 aliphatic rings. The maximum atomic E-state index is 12.6. The van der Waals surface area contributed by atoms with E-state index in [1.165, 1.54) is 0 Å². The summed E-state index contributed by atoms with van der Waals surface area (Å²) >= 11 is 0. The maximum absolute atomic E-state index is 12.6. The first-order valence-electron chi connectivity index (χ1n) is 12.0. The topological polar surface area (TPSA) is 89.6 Å². The molecule has 2 fully saturated rings. The van der Waals surface area contributed by atoms with Crippen molar-refractivity contribution in [3.05, 3.63) is 60.7 Å². The number of benzene rings is 2. The largest absolute Gasteiger partial charge is 0.457 e. The molecule has 0 amide bonds. The highest BCUT2D eigenvalue weighted by atomic mass is 28.4. The predicted molar refractivity (Wildman–Crippen MR) is 132 cm³/mol. The van der Waals surface area contributed by atoms with E-state index in [0.717, 1.165) is 48.9 Å². The Labute approximate surface area is 197 Å². The van der Waals surface area contributed by atoms with Gasteiger partial charge in [0, 0.05) is 5.92 Å². The Kier molecular flexibility index (Phi) is 6.63. The van der Waals surface area contributed by atoms with Gasteiger partial charge in [0.1, 0.15) is 12.6 Å². The van der Waals surface area contributed by atoms with Crippen molar-refractivity contribution in [1.82, 2.24) is 0 Å². The van der Waals surface area contributed by atoms with Crippen molar-refractivity contribution in [1.29, 1.82) is 0 Å². The van der Waals surface area contributed by atoms with E-state index in [4.69, 9.17) is 10.5 Å². The van der Waals surface area contributed by atoms with Gasteiger partial charge in [-0.3, -0.25) is 9.59 Å². The molecule has 6 heteroatoms. The molecule has 2 aromatic rings. The zero-order valence-corrected chi connectivity index (χ0v) is 20.6. The lowest BCUT2D eigenvalue weighted by molar-refractivity contribution is -0.151. The first-order chi connectivity index (χ1) is 15.7. The van der Waals surface area contributed by atoms with Crippen LogP contribution in [0.15, 0.2) is 60.7 Å². The van der Waals surface area contributed by atoms with E-state index in [0.29, 0.717) is 0 Å². The number of ketones is 1. The van der Waals surface area contributed by atoms with Gasteiger partial charge in [-0.25, -0.2) is 0 Å². The van der Waals surface area contributed by atoms with E-state index < -0.39 is 25.4 Å². The number of rotatable bonds is 11. The monoisotopic (exact) mass is 465 g/mol. The Balaban J connectivity index is 1.48. The van der Waals surface area contributed by atoms with Gasteiger partial charge in [0.15, 0.2) is 5.78 Å². The number of hydrogen-bond acceptors (Lipinski definition) is 5. The summed E-state index contributed by atoms with van der Waals surface area (Å²) < 4.78 is 5.28. The van der Waals surface area contributed by atoms with E-state index in [1.54, 1.807) is 0 Å². The van der Waals surface area contributed by atoms with Gasteiger partial charge < -0.3 is 15.3 Å². The standard InChI is InChI=1S/C27H35NO4Si/c1-26(2,33(31,21-9-5-3-6-10-21)22-11-7-4-8-12-22)15-16-27(17-18-27)24(28)25(30)32-19-23(29)20-13-14-20/h3-12,20,24,31H,13-19,28H2,1-2H3. The summed E-state index contributed by atoms with van der Waals surface area (Å²) in [7, 11) is -3.10. The molecule has 2 aliphatic carbocycles. The van der Waals surface area contributed by atoms with Gasteiger partial charge in [0.25, 0.3) is 8.32 Å². The van der Waals surface area contributed by atoms with Crippen molar-refractivity contribution in [2.24, 2.45) is 17.1 Å². The third-order valence-electron chi connectivity index (χ3n) is 7.81. The molecule has 4 rings (SSSR count). The van der Waals surface area contributed by atoms with Gasteiger partial charge in [-0.2, -0.15) is 0 Å². The van der Waals surface area contributed by atoms with Crippen LogP contribution < -0.4 is 16.1 Å². The molecule has 0 spiro atoms. The third-order valence-corrected chi connectivity index (χ3v) is 12.4. The highest BCUT2D eigenvalue weighted by Crippen LogP contribution is 2.55. The second-order valence-corrected chi connectivity index (χ2v) is 14.4. The molecule has 2 saturated carbocycles. The SMILES string of the molecule is CC(C)(CCC1(C(N)C(=O)OCC(=O)C2CC2)CC1)[Si](O)(c1ccccc1)c1ccccc1. The lowest BCUT2D eigenvalue weighted by atomic mass is 9.88. The molecular weight excluding hydrogens is 430 g/mol. The number of hydrogen-bond donors (Lipinski definition) is 2. The van der Waals surface area contributed by atoms with Crippen molar-refractivity contribution in [2.75, 3.05) is 6.61 Å². The van der Waals surface area contributed by atoms with Crippen LogP contribution in [0, 0.1) is 11.3 Å². The van der Waals surface area contributed by atoms with E-state index in [9.17, 15) is 14.4 Å². The predicted octanol–water partition coefficient (Wildman–Crippen LogP) is 2.93. The van der Waals surface area contributed by atoms with Crippen LogP contribution in [0.25, 0.3) is 0 Å². The fourth-order valence-corrected chi connectivity index (χ4v) is 8.66. The molecule has 0 heterocycles. The molecule has 0 aromatic heterocycles. The van der Waals surface area contributed by atoms with Crippen molar-refractivity contribution in [3.8, 4) is 0 Å². The number of Topliss-reactive ketones (excluding diaryl/α,β-unsaturated/α-hetero) is 1. The maximum Gasteiger partial charge on any atom is 0.323 e. The van der Waals surface area contributed by atoms with E-state index >= 15 is 0 Å². The second-order valence-electron chi connectivity index (χ2n) is 10.5. The van der Waals surface area contributed by atoms with Crippen LogP contribution in [0.1, 0.15) is 52.4 Å². The first kappa shape index (κ1) is 23.9. The zero-order valence-electron chi connectivity index (χ0n) is 19.6. The molecule has 1 unspecified atom stereocenters. The fourth-order valence-electron chi connectivity index (χ4n) is 4.93. The molecule has 2 aromatic carbocycles. The lowest BCUT2D eigenvalue weighted by Gasteiger charge is -2.42. The van der Waals surface area contributed by atoms with Gasteiger partial charge in [0.2, 0.25) is 0 Å². The van der Waals surface area contributed by atoms with Gasteiger partial charge in [0.05, 0.1) is 0 Å². The smallest absolute Gasteiger partial charge is 0.323 e. The number of ether oxygens (including phenoxy) is 1. The molecule has 0 radical (unpaired) electrons. The second kappa shape index (κ2) is 9.16. The number of nitrogens with two attached hydrogens (primary N) is 1. The molecule has 0 bridgehead atoms. The molecule has 0 aliphatic heterocycles. The summed E-state index contributed by atoms with van der Waals surface area (Å²) in [5, 5.41) is 1.57. The fraction of sp³-hybridized carbons (Fsp3) is 0.481. The molecule has 3 N–H and O–H groups in total. The van der Waals surface area contributed by atoms with Crippen LogP contribution in [0.3, 0.4) is 0 Å². The van der Waals surface area contributed by atoms with E-state index in [1.807, 2.05) is 60.7 Å². The number of carbonyl (C=O) groups excluding carboxylic acids is 2. The van der Waals surface area contributed by atoms with Crippen LogP contribution in [0.2, 0.25) is 5.04 Å². The van der Waals surface area contributed by atoms with Crippen LogP contribution in [-0.2, 0) is 14.3 Å². The van der Waals surface area contributed by atoms with Crippen molar-refractivity contribution >= 4 is 30.4 Å². The third kappa shape index (κ3) is 4.83. The van der Waals surface area contributed by atoms with Gasteiger partial charge in [-0.15, -0.1) is 0 Å². The Bertz CT molecular complexity index is 944. The van der Waals surface area contributed by atoms with Crippen LogP contribution in [0.4, 0.5) is 0 Å². The van der Waals surface area contributed by atoms with Crippen molar-refractivity contribution in [3.63, 3.8) is 0 Å². The summed E-state index contributed by atoms with van der Waals surface area (Å²) in [4.78, 5) is 36.8. The minimum atomic E-state index is -3.10. The summed E-state index contributed by atoms with van der Waals surface area (Å²) in [6.07, 6.45) is 5.01. The Morgan fingerprint density at radius 3 is 2.03 bits per heavy atom. The molecule has 0 saturated heterocycles. The highest BCUT2D eigenvalue weighted by molar-refractivity contribution is 6.98. The molecule has 176 valence electrons. The molecule has 33 heavy (non-hydrogen) atoms. The van der Waals surface area contributed by atoms with Gasteiger partial charge in [-0.1, -0.05) is 74.5 Å². The summed E-state index contributed by atoms with van der Waals surface area (Å²) in [6.45, 7) is 4.11. The van der Waals surface area contributed by atoms with Gasteiger partial charge >= 0.3 is 5.97 Å². The van der Waals surface area contributed by atoms with Gasteiger partial charge in [-0.05, 0) is 59.4 Å². The lowest BCUT2D eigenvalue weighted by Crippen LogP contribution is -2.65. The summed E-state index contributed by atoms with van der Waals surface area (Å²) in [5.41, 5.74) is 6.05. The van der Waals surface area contributed by atoms with Crippen molar-refractivity contribution < 1.29 is 19.1 Å². The summed E-state index contributed by atoms with van der Waals surface area (Å²) in [5.74, 6) is -0.399. The summed E-state index contributed by atoms with van der Waals surface area (Å²) in [6, 6.07) is 19.2. The molecule has 1 atom stereocenters. The average molecular weight is 466 g/mol. The normalized spacial score (nSPS) is 18.4. The van der Waals surface area contributed by atoms with Crippen molar-refractivity contribution in [2.45, 2.75) is 63.5 Å². The Morgan fingerprint density at radius 1 is 1.06 bits per heavy atom. The zero-order chi connectivity index (χ0) is 23.7. The van der Waals surface area contributed by atoms with E-state index in [-0.39, 0.29) is 23.7 Å². The van der Waals surface area contributed by atoms with Crippen LogP contribution in [-0.4, -0.2) is 37.5 Å². The Morgan fingerprint density at radius 2 is 1.58 bits per heavy atom. The Hall–Kier alpha value is -2.28. The van der Waals surface area contributed by atoms with Crippen LogP contribution in [0.5, 0.6) is 0 Å². The minimum Gasteiger partial charge on any atom is -0.457 e. The van der Waals surface area contributed by atoms with Crippen LogP contribution >= 0.6 is 0 Å². The average Bonchev–Trinajstić information content (AvgIpc) is 3.76. The number of esters is 1. The quantitative estimate of drug-likeness (QED) is 0.393. The minimum absolute atomic E-state index is 0.00307. The molecular formula is C27H35NO4Si. The van der Waals surface area contributed by atoms with E-state index in [2.05, 4.69) is 13.8 Å². The highest BCUT2D eigenvalue weighted by Gasteiger charge is 2.55.